The summed E-state index contributed by atoms with van der Waals surface area (Å²) in [6.45, 7) is 11.1. The van der Waals surface area contributed by atoms with Crippen molar-refractivity contribution < 1.29 is 8.78 Å². The molecule has 0 atom stereocenters. The quantitative estimate of drug-likeness (QED) is 0.592. The van der Waals surface area contributed by atoms with Gasteiger partial charge in [-0.2, -0.15) is 0 Å². The molecule has 0 spiro atoms. The van der Waals surface area contributed by atoms with E-state index in [0.717, 1.165) is 0 Å². The van der Waals surface area contributed by atoms with Crippen molar-refractivity contribution in [1.82, 2.24) is 0 Å². The Morgan fingerprint density at radius 3 is 1.80 bits per heavy atom. The lowest BCUT2D eigenvalue weighted by molar-refractivity contribution is 0.509. The molecule has 0 nitrogen and oxygen atoms in total. The summed E-state index contributed by atoms with van der Waals surface area (Å²) in [6.07, 6.45) is 0. The Balaban J connectivity index is 0.000000921. The van der Waals surface area contributed by atoms with Crippen molar-refractivity contribution in [2.24, 2.45) is 0 Å². The molecule has 2 heteroatoms. The molecule has 0 aliphatic carbocycles. The lowest BCUT2D eigenvalue weighted by atomic mass is 9.86. The lowest BCUT2D eigenvalue weighted by Gasteiger charge is -2.20. The average molecular weight is 214 g/mol. The standard InChI is InChI=1S/C11H14F2.C2H6/c1-7-5-10(13)8(6-9(7)12)11(2,3)4;1-2/h5-6H,1-4H3;1-2H3. The van der Waals surface area contributed by atoms with Crippen LogP contribution < -0.4 is 0 Å². The van der Waals surface area contributed by atoms with E-state index < -0.39 is 0 Å². The summed E-state index contributed by atoms with van der Waals surface area (Å²) in [4.78, 5) is 0. The van der Waals surface area contributed by atoms with Gasteiger partial charge >= 0.3 is 0 Å². The fraction of sp³-hybridized carbons (Fsp3) is 0.538. The fourth-order valence-electron chi connectivity index (χ4n) is 1.22. The van der Waals surface area contributed by atoms with Gasteiger partial charge in [-0.15, -0.1) is 0 Å². The van der Waals surface area contributed by atoms with Crippen LogP contribution in [0.15, 0.2) is 12.1 Å². The summed E-state index contributed by atoms with van der Waals surface area (Å²) in [5, 5.41) is 0. The van der Waals surface area contributed by atoms with Crippen molar-refractivity contribution in [3.8, 4) is 0 Å². The van der Waals surface area contributed by atoms with E-state index in [1.54, 1.807) is 6.92 Å². The molecule has 0 saturated carbocycles. The maximum Gasteiger partial charge on any atom is 0.127 e. The molecule has 1 rings (SSSR count). The van der Waals surface area contributed by atoms with E-state index in [1.165, 1.54) is 12.1 Å². The van der Waals surface area contributed by atoms with Gasteiger partial charge in [0.25, 0.3) is 0 Å². The van der Waals surface area contributed by atoms with E-state index in [9.17, 15) is 8.78 Å². The molecule has 0 fully saturated rings. The maximum atomic E-state index is 13.4. The Labute approximate surface area is 91.3 Å². The van der Waals surface area contributed by atoms with Crippen LogP contribution in [0.1, 0.15) is 45.7 Å². The second kappa shape index (κ2) is 5.24. The molecule has 0 saturated heterocycles. The molecule has 0 amide bonds. The summed E-state index contributed by atoms with van der Waals surface area (Å²) in [6, 6.07) is 2.53. The van der Waals surface area contributed by atoms with Crippen LogP contribution in [0.4, 0.5) is 8.78 Å². The molecular weight excluding hydrogens is 194 g/mol. The molecule has 15 heavy (non-hydrogen) atoms. The molecule has 0 N–H and O–H groups in total. The van der Waals surface area contributed by atoms with Gasteiger partial charge in [-0.25, -0.2) is 8.78 Å². The number of hydrogen-bond acceptors (Lipinski definition) is 0. The van der Waals surface area contributed by atoms with Crippen molar-refractivity contribution >= 4 is 0 Å². The predicted molar refractivity (Wildman–Crippen MR) is 61.1 cm³/mol. The van der Waals surface area contributed by atoms with Gasteiger partial charge in [-0.3, -0.25) is 0 Å². The van der Waals surface area contributed by atoms with Gasteiger partial charge in [0, 0.05) is 0 Å². The van der Waals surface area contributed by atoms with Crippen molar-refractivity contribution in [3.63, 3.8) is 0 Å². The third-order valence-corrected chi connectivity index (χ3v) is 2.06. The van der Waals surface area contributed by atoms with Gasteiger partial charge in [0.05, 0.1) is 0 Å². The topological polar surface area (TPSA) is 0 Å². The molecule has 1 aromatic rings. The fourth-order valence-corrected chi connectivity index (χ4v) is 1.22. The lowest BCUT2D eigenvalue weighted by Crippen LogP contribution is -2.14. The van der Waals surface area contributed by atoms with E-state index in [1.807, 2.05) is 34.6 Å². The first kappa shape index (κ1) is 14.1. The van der Waals surface area contributed by atoms with E-state index in [2.05, 4.69) is 0 Å². The van der Waals surface area contributed by atoms with Crippen molar-refractivity contribution in [2.45, 2.75) is 47.0 Å². The molecule has 0 bridgehead atoms. The van der Waals surface area contributed by atoms with Crippen LogP contribution in [0.2, 0.25) is 0 Å². The first-order valence-electron chi connectivity index (χ1n) is 5.28. The minimum absolute atomic E-state index is 0.327. The SMILES string of the molecule is CC.Cc1cc(F)c(C(C)(C)C)cc1F. The zero-order valence-corrected chi connectivity index (χ0v) is 10.4. The highest BCUT2D eigenvalue weighted by Gasteiger charge is 2.19. The highest BCUT2D eigenvalue weighted by atomic mass is 19.1. The number of hydrogen-bond donors (Lipinski definition) is 0. The molecule has 0 radical (unpaired) electrons. The van der Waals surface area contributed by atoms with Crippen LogP contribution in [-0.2, 0) is 5.41 Å². The van der Waals surface area contributed by atoms with Gasteiger partial charge in [0.15, 0.2) is 0 Å². The summed E-state index contributed by atoms with van der Waals surface area (Å²) in [7, 11) is 0. The van der Waals surface area contributed by atoms with Crippen LogP contribution in [-0.4, -0.2) is 0 Å². The van der Waals surface area contributed by atoms with Gasteiger partial charge < -0.3 is 0 Å². The first-order chi connectivity index (χ1) is 6.82. The van der Waals surface area contributed by atoms with Crippen molar-refractivity contribution in [1.29, 1.82) is 0 Å². The zero-order chi connectivity index (χ0) is 12.2. The van der Waals surface area contributed by atoms with Gasteiger partial charge in [0.1, 0.15) is 11.6 Å². The molecule has 1 aromatic carbocycles. The summed E-state index contributed by atoms with van der Waals surface area (Å²) >= 11 is 0. The zero-order valence-electron chi connectivity index (χ0n) is 10.4. The van der Waals surface area contributed by atoms with Crippen LogP contribution >= 0.6 is 0 Å². The minimum Gasteiger partial charge on any atom is -0.207 e. The van der Waals surface area contributed by atoms with Gasteiger partial charge in [-0.1, -0.05) is 34.6 Å². The highest BCUT2D eigenvalue weighted by Crippen LogP contribution is 2.26. The van der Waals surface area contributed by atoms with E-state index >= 15 is 0 Å². The van der Waals surface area contributed by atoms with Crippen molar-refractivity contribution in [2.75, 3.05) is 0 Å². The maximum absolute atomic E-state index is 13.4. The average Bonchev–Trinajstić information content (AvgIpc) is 2.13. The minimum atomic E-state index is -0.349. The second-order valence-corrected chi connectivity index (χ2v) is 4.33. The van der Waals surface area contributed by atoms with Crippen LogP contribution in [0.5, 0.6) is 0 Å². The third-order valence-electron chi connectivity index (χ3n) is 2.06. The van der Waals surface area contributed by atoms with Crippen molar-refractivity contribution in [3.05, 3.63) is 34.9 Å². The highest BCUT2D eigenvalue weighted by molar-refractivity contribution is 5.29. The Morgan fingerprint density at radius 2 is 1.40 bits per heavy atom. The smallest absolute Gasteiger partial charge is 0.127 e. The molecule has 0 aliphatic heterocycles. The molecule has 86 valence electrons. The molecular formula is C13H20F2. The largest absolute Gasteiger partial charge is 0.207 e. The third kappa shape index (κ3) is 3.61. The first-order valence-corrected chi connectivity index (χ1v) is 5.28. The van der Waals surface area contributed by atoms with Crippen LogP contribution in [0.3, 0.4) is 0 Å². The summed E-state index contributed by atoms with van der Waals surface area (Å²) in [5.41, 5.74) is 0.430. The predicted octanol–water partition coefficient (Wildman–Crippen LogP) is 4.60. The molecule has 0 unspecified atom stereocenters. The molecule has 0 aliphatic rings. The van der Waals surface area contributed by atoms with E-state index in [-0.39, 0.29) is 17.0 Å². The Morgan fingerprint density at radius 1 is 0.933 bits per heavy atom. The van der Waals surface area contributed by atoms with Gasteiger partial charge in [0.2, 0.25) is 0 Å². The number of benzene rings is 1. The molecule has 0 aromatic heterocycles. The molecule has 0 heterocycles. The second-order valence-electron chi connectivity index (χ2n) is 4.33. The van der Waals surface area contributed by atoms with Crippen LogP contribution in [0, 0.1) is 18.6 Å². The Hall–Kier alpha value is -0.920. The van der Waals surface area contributed by atoms with Crippen LogP contribution in [0.25, 0.3) is 0 Å². The Bertz CT molecular complexity index is 322. The summed E-state index contributed by atoms with van der Waals surface area (Å²) in [5.74, 6) is -0.669. The van der Waals surface area contributed by atoms with E-state index in [0.29, 0.717) is 11.1 Å². The van der Waals surface area contributed by atoms with E-state index in [4.69, 9.17) is 0 Å². The number of rotatable bonds is 0. The summed E-state index contributed by atoms with van der Waals surface area (Å²) < 4.78 is 26.5. The number of aryl methyl sites for hydroxylation is 1. The monoisotopic (exact) mass is 214 g/mol. The van der Waals surface area contributed by atoms with Gasteiger partial charge in [-0.05, 0) is 35.6 Å². The Kier molecular flexibility index (Phi) is 4.92. The number of halogens is 2. The normalized spacial score (nSPS) is 10.7.